The zero-order chi connectivity index (χ0) is 11.1. The first-order chi connectivity index (χ1) is 6.50. The van der Waals surface area contributed by atoms with E-state index < -0.39 is 0 Å². The Balaban J connectivity index is 4.67. The Hall–Kier alpha value is -1.11. The fourth-order valence-corrected chi connectivity index (χ4v) is 1.06. The highest BCUT2D eigenvalue weighted by Gasteiger charge is 2.10. The molecule has 0 aliphatic rings. The maximum absolute atomic E-state index is 11.6. The van der Waals surface area contributed by atoms with Crippen LogP contribution in [0.3, 0.4) is 0 Å². The van der Waals surface area contributed by atoms with Gasteiger partial charge < -0.3 is 0 Å². The Kier molecular flexibility index (Phi) is 5.86. The van der Waals surface area contributed by atoms with Gasteiger partial charge in [-0.15, -0.1) is 0 Å². The quantitative estimate of drug-likeness (QED) is 0.490. The molecule has 0 amide bonds. The molecule has 0 heterocycles. The van der Waals surface area contributed by atoms with Gasteiger partial charge in [-0.25, -0.2) is 0 Å². The lowest BCUT2D eigenvalue weighted by Crippen LogP contribution is -2.09. The van der Waals surface area contributed by atoms with Crippen molar-refractivity contribution in [2.45, 2.75) is 34.6 Å². The van der Waals surface area contributed by atoms with Crippen molar-refractivity contribution in [3.63, 3.8) is 0 Å². The Labute approximate surface area is 87.2 Å². The van der Waals surface area contributed by atoms with Gasteiger partial charge in [-0.1, -0.05) is 38.2 Å². The van der Waals surface area contributed by atoms with E-state index in [0.717, 1.165) is 11.1 Å². The zero-order valence-corrected chi connectivity index (χ0v) is 9.79. The SMILES string of the molecule is CC=C/C=C\C(C)=C(/C)C(=O)C(C)C. The molecule has 0 aromatic rings. The van der Waals surface area contributed by atoms with Crippen molar-refractivity contribution in [3.05, 3.63) is 35.5 Å². The Morgan fingerprint density at radius 2 is 1.71 bits per heavy atom. The standard InChI is InChI=1S/C13H20O/c1-6-7-8-9-11(4)12(5)13(14)10(2)3/h6-10H,1-5H3/b7-6?,9-8-,12-11+. The van der Waals surface area contributed by atoms with Crippen LogP contribution in [-0.4, -0.2) is 5.78 Å². The fraction of sp³-hybridized carbons (Fsp3) is 0.462. The highest BCUT2D eigenvalue weighted by molar-refractivity contribution is 5.97. The maximum atomic E-state index is 11.6. The van der Waals surface area contributed by atoms with Crippen LogP contribution in [-0.2, 0) is 4.79 Å². The van der Waals surface area contributed by atoms with Gasteiger partial charge in [0.15, 0.2) is 5.78 Å². The third-order valence-corrected chi connectivity index (χ3v) is 2.14. The highest BCUT2D eigenvalue weighted by Crippen LogP contribution is 2.11. The summed E-state index contributed by atoms with van der Waals surface area (Å²) in [4.78, 5) is 11.6. The van der Waals surface area contributed by atoms with Crippen LogP contribution in [0.2, 0.25) is 0 Å². The summed E-state index contributed by atoms with van der Waals surface area (Å²) in [5.41, 5.74) is 1.91. The Morgan fingerprint density at radius 3 is 2.14 bits per heavy atom. The van der Waals surface area contributed by atoms with Crippen LogP contribution in [0.4, 0.5) is 0 Å². The minimum atomic E-state index is 0.0834. The second-order valence-electron chi connectivity index (χ2n) is 3.71. The number of ketones is 1. The Bertz CT molecular complexity index is 278. The third kappa shape index (κ3) is 4.22. The molecule has 0 aliphatic carbocycles. The van der Waals surface area contributed by atoms with Crippen molar-refractivity contribution in [2.24, 2.45) is 5.92 Å². The molecule has 1 nitrogen and oxygen atoms in total. The monoisotopic (exact) mass is 192 g/mol. The van der Waals surface area contributed by atoms with Crippen molar-refractivity contribution in [3.8, 4) is 0 Å². The number of allylic oxidation sites excluding steroid dienone is 6. The van der Waals surface area contributed by atoms with Gasteiger partial charge in [0.1, 0.15) is 0 Å². The predicted octanol–water partition coefficient (Wildman–Crippen LogP) is 3.68. The van der Waals surface area contributed by atoms with Gasteiger partial charge >= 0.3 is 0 Å². The summed E-state index contributed by atoms with van der Waals surface area (Å²) in [6.07, 6.45) is 7.84. The molecule has 0 unspecified atom stereocenters. The van der Waals surface area contributed by atoms with Gasteiger partial charge in [-0.2, -0.15) is 0 Å². The third-order valence-electron chi connectivity index (χ3n) is 2.14. The Morgan fingerprint density at radius 1 is 1.14 bits per heavy atom. The van der Waals surface area contributed by atoms with E-state index in [4.69, 9.17) is 0 Å². The number of Topliss-reactive ketones (excluding diaryl/α,β-unsaturated/α-hetero) is 1. The van der Waals surface area contributed by atoms with Crippen molar-refractivity contribution >= 4 is 5.78 Å². The molecule has 0 rings (SSSR count). The van der Waals surface area contributed by atoms with E-state index in [1.165, 1.54) is 0 Å². The molecule has 0 spiro atoms. The van der Waals surface area contributed by atoms with E-state index >= 15 is 0 Å². The smallest absolute Gasteiger partial charge is 0.161 e. The molecule has 14 heavy (non-hydrogen) atoms. The molecule has 0 aliphatic heterocycles. The molecule has 0 saturated carbocycles. The maximum Gasteiger partial charge on any atom is 0.161 e. The average Bonchev–Trinajstić information content (AvgIpc) is 2.15. The first-order valence-electron chi connectivity index (χ1n) is 5.01. The van der Waals surface area contributed by atoms with Gasteiger partial charge in [0.05, 0.1) is 0 Å². The van der Waals surface area contributed by atoms with E-state index in [1.807, 2.05) is 58.9 Å². The molecule has 0 fully saturated rings. The first kappa shape index (κ1) is 12.9. The topological polar surface area (TPSA) is 17.1 Å². The van der Waals surface area contributed by atoms with E-state index in [0.29, 0.717) is 0 Å². The van der Waals surface area contributed by atoms with Gasteiger partial charge in [0.2, 0.25) is 0 Å². The summed E-state index contributed by atoms with van der Waals surface area (Å²) in [5, 5.41) is 0. The van der Waals surface area contributed by atoms with Gasteiger partial charge in [-0.05, 0) is 31.9 Å². The average molecular weight is 192 g/mol. The number of rotatable bonds is 4. The van der Waals surface area contributed by atoms with Gasteiger partial charge in [-0.3, -0.25) is 4.79 Å². The van der Waals surface area contributed by atoms with Crippen molar-refractivity contribution in [1.29, 1.82) is 0 Å². The summed E-state index contributed by atoms with van der Waals surface area (Å²) in [6.45, 7) is 9.67. The molecule has 0 aromatic heterocycles. The second-order valence-corrected chi connectivity index (χ2v) is 3.71. The first-order valence-corrected chi connectivity index (χ1v) is 5.01. The second kappa shape index (κ2) is 6.36. The largest absolute Gasteiger partial charge is 0.294 e. The number of hydrogen-bond donors (Lipinski definition) is 0. The van der Waals surface area contributed by atoms with E-state index in [1.54, 1.807) is 0 Å². The lowest BCUT2D eigenvalue weighted by molar-refractivity contribution is -0.118. The van der Waals surface area contributed by atoms with Crippen LogP contribution in [0.25, 0.3) is 0 Å². The van der Waals surface area contributed by atoms with Crippen LogP contribution in [0, 0.1) is 5.92 Å². The molecule has 1 heteroatoms. The molecule has 0 saturated heterocycles. The van der Waals surface area contributed by atoms with Crippen molar-refractivity contribution in [2.75, 3.05) is 0 Å². The minimum Gasteiger partial charge on any atom is -0.294 e. The summed E-state index contributed by atoms with van der Waals surface area (Å²) in [7, 11) is 0. The molecule has 0 bridgehead atoms. The number of carbonyl (C=O) groups excluding carboxylic acids is 1. The van der Waals surface area contributed by atoms with Crippen molar-refractivity contribution < 1.29 is 4.79 Å². The van der Waals surface area contributed by atoms with Crippen LogP contribution < -0.4 is 0 Å². The van der Waals surface area contributed by atoms with Gasteiger partial charge in [0, 0.05) is 5.92 Å². The zero-order valence-electron chi connectivity index (χ0n) is 9.79. The molecule has 0 N–H and O–H groups in total. The normalized spacial score (nSPS) is 14.1. The van der Waals surface area contributed by atoms with E-state index in [9.17, 15) is 4.79 Å². The van der Waals surface area contributed by atoms with Crippen molar-refractivity contribution in [1.82, 2.24) is 0 Å². The molecule has 0 radical (unpaired) electrons. The van der Waals surface area contributed by atoms with E-state index in [-0.39, 0.29) is 11.7 Å². The van der Waals surface area contributed by atoms with Gasteiger partial charge in [0.25, 0.3) is 0 Å². The van der Waals surface area contributed by atoms with E-state index in [2.05, 4.69) is 0 Å². The van der Waals surface area contributed by atoms with Crippen LogP contribution in [0.1, 0.15) is 34.6 Å². The summed E-state index contributed by atoms with van der Waals surface area (Å²) < 4.78 is 0. The summed E-state index contributed by atoms with van der Waals surface area (Å²) in [6, 6.07) is 0. The molecule has 78 valence electrons. The fourth-order valence-electron chi connectivity index (χ4n) is 1.06. The number of carbonyl (C=O) groups is 1. The number of hydrogen-bond acceptors (Lipinski definition) is 1. The summed E-state index contributed by atoms with van der Waals surface area (Å²) >= 11 is 0. The van der Waals surface area contributed by atoms with Crippen LogP contribution >= 0.6 is 0 Å². The van der Waals surface area contributed by atoms with Crippen LogP contribution in [0.15, 0.2) is 35.5 Å². The lowest BCUT2D eigenvalue weighted by atomic mass is 9.98. The minimum absolute atomic E-state index is 0.0834. The molecular formula is C13H20O. The van der Waals surface area contributed by atoms with Crippen LogP contribution in [0.5, 0.6) is 0 Å². The molecule has 0 aromatic carbocycles. The lowest BCUT2D eigenvalue weighted by Gasteiger charge is -2.05. The molecular weight excluding hydrogens is 172 g/mol. The highest BCUT2D eigenvalue weighted by atomic mass is 16.1. The summed E-state index contributed by atoms with van der Waals surface area (Å²) in [5.74, 6) is 0.313. The predicted molar refractivity (Wildman–Crippen MR) is 62.2 cm³/mol. The molecule has 0 atom stereocenters.